The number of esters is 1. The highest BCUT2D eigenvalue weighted by Gasteiger charge is 2.11. The Morgan fingerprint density at radius 2 is 2.04 bits per heavy atom. The van der Waals surface area contributed by atoms with Crippen molar-refractivity contribution in [3.05, 3.63) is 76.7 Å². The molecule has 0 aliphatic rings. The van der Waals surface area contributed by atoms with Gasteiger partial charge in [-0.3, -0.25) is 14.2 Å². The smallest absolute Gasteiger partial charge is 0.326 e. The first-order valence-electron chi connectivity index (χ1n) is 8.15. The second kappa shape index (κ2) is 6.44. The molecule has 7 nitrogen and oxygen atoms in total. The molecule has 3 aromatic heterocycles. The summed E-state index contributed by atoms with van der Waals surface area (Å²) in [6.07, 6.45) is 5.07. The molecule has 7 heteroatoms. The van der Waals surface area contributed by atoms with Gasteiger partial charge >= 0.3 is 5.97 Å². The van der Waals surface area contributed by atoms with Gasteiger partial charge in [-0.15, -0.1) is 0 Å². The molecule has 0 saturated carbocycles. The maximum absolute atomic E-state index is 12.4. The molecule has 0 N–H and O–H groups in total. The van der Waals surface area contributed by atoms with E-state index in [0.717, 1.165) is 11.2 Å². The summed E-state index contributed by atoms with van der Waals surface area (Å²) in [5.41, 5.74) is 2.85. The number of fused-ring (bicyclic) bond motifs is 2. The predicted octanol–water partition coefficient (Wildman–Crippen LogP) is 2.10. The molecule has 0 atom stereocenters. The summed E-state index contributed by atoms with van der Waals surface area (Å²) < 4.78 is 8.40. The van der Waals surface area contributed by atoms with E-state index in [4.69, 9.17) is 4.74 Å². The molecule has 3 heterocycles. The van der Waals surface area contributed by atoms with Crippen molar-refractivity contribution in [1.29, 1.82) is 0 Å². The Bertz CT molecular complexity index is 1180. The fraction of sp³-hybridized carbons (Fsp3) is 0.158. The molecule has 0 aliphatic heterocycles. The lowest BCUT2D eigenvalue weighted by molar-refractivity contribution is -0.145. The van der Waals surface area contributed by atoms with Crippen molar-refractivity contribution in [2.45, 2.75) is 20.1 Å². The van der Waals surface area contributed by atoms with Crippen molar-refractivity contribution in [3.8, 4) is 0 Å². The van der Waals surface area contributed by atoms with Crippen LogP contribution in [-0.4, -0.2) is 24.9 Å². The summed E-state index contributed by atoms with van der Waals surface area (Å²) in [7, 11) is 0. The quantitative estimate of drug-likeness (QED) is 0.528. The molecule has 0 aliphatic carbocycles. The van der Waals surface area contributed by atoms with E-state index in [2.05, 4.69) is 9.97 Å². The Morgan fingerprint density at radius 3 is 2.88 bits per heavy atom. The molecule has 0 saturated heterocycles. The van der Waals surface area contributed by atoms with Crippen LogP contribution in [0.1, 0.15) is 11.3 Å². The topological polar surface area (TPSA) is 78.5 Å². The number of aryl methyl sites for hydroxylation is 1. The number of nitrogens with zero attached hydrogens (tertiary/aromatic N) is 4. The second-order valence-electron chi connectivity index (χ2n) is 6.01. The third-order valence-electron chi connectivity index (χ3n) is 4.14. The zero-order valence-corrected chi connectivity index (χ0v) is 14.1. The average molecular weight is 348 g/mol. The van der Waals surface area contributed by atoms with Crippen LogP contribution in [-0.2, 0) is 22.7 Å². The molecule has 26 heavy (non-hydrogen) atoms. The Hall–Kier alpha value is -3.48. The first-order valence-corrected chi connectivity index (χ1v) is 8.15. The SMILES string of the molecule is Cc1cccn2cc(COC(=O)Cn3cnc4ccccc4c3=O)nc12. The van der Waals surface area contributed by atoms with Gasteiger partial charge in [-0.2, -0.15) is 0 Å². The maximum atomic E-state index is 12.4. The zero-order chi connectivity index (χ0) is 18.1. The first kappa shape index (κ1) is 16.0. The fourth-order valence-corrected chi connectivity index (χ4v) is 2.83. The molecule has 0 unspecified atom stereocenters. The van der Waals surface area contributed by atoms with E-state index in [1.54, 1.807) is 18.2 Å². The van der Waals surface area contributed by atoms with Gasteiger partial charge in [-0.1, -0.05) is 18.2 Å². The van der Waals surface area contributed by atoms with Gasteiger partial charge < -0.3 is 9.14 Å². The predicted molar refractivity (Wildman–Crippen MR) is 95.7 cm³/mol. The molecular formula is C19H16N4O3. The summed E-state index contributed by atoms with van der Waals surface area (Å²) in [4.78, 5) is 33.2. The normalized spacial score (nSPS) is 11.1. The van der Waals surface area contributed by atoms with E-state index >= 15 is 0 Å². The van der Waals surface area contributed by atoms with Gasteiger partial charge in [-0.05, 0) is 30.7 Å². The van der Waals surface area contributed by atoms with Crippen LogP contribution in [0.5, 0.6) is 0 Å². The van der Waals surface area contributed by atoms with Crippen LogP contribution in [0.3, 0.4) is 0 Å². The zero-order valence-electron chi connectivity index (χ0n) is 14.1. The van der Waals surface area contributed by atoms with Crippen molar-refractivity contribution < 1.29 is 9.53 Å². The van der Waals surface area contributed by atoms with Crippen LogP contribution in [0, 0.1) is 6.92 Å². The molecule has 4 rings (SSSR count). The second-order valence-corrected chi connectivity index (χ2v) is 6.01. The Morgan fingerprint density at radius 1 is 1.19 bits per heavy atom. The Labute approximate surface area is 148 Å². The van der Waals surface area contributed by atoms with Crippen LogP contribution in [0.15, 0.2) is 59.9 Å². The summed E-state index contributed by atoms with van der Waals surface area (Å²) in [6, 6.07) is 10.9. The largest absolute Gasteiger partial charge is 0.458 e. The van der Waals surface area contributed by atoms with Gasteiger partial charge in [0.15, 0.2) is 0 Å². The summed E-state index contributed by atoms with van der Waals surface area (Å²) >= 11 is 0. The van der Waals surface area contributed by atoms with Gasteiger partial charge in [0, 0.05) is 12.4 Å². The van der Waals surface area contributed by atoms with Crippen LogP contribution < -0.4 is 5.56 Å². The number of pyridine rings is 1. The van der Waals surface area contributed by atoms with Crippen LogP contribution in [0.4, 0.5) is 0 Å². The number of aromatic nitrogens is 4. The monoisotopic (exact) mass is 348 g/mol. The van der Waals surface area contributed by atoms with Crippen LogP contribution in [0.2, 0.25) is 0 Å². The highest BCUT2D eigenvalue weighted by molar-refractivity contribution is 5.77. The minimum absolute atomic E-state index is 0.0513. The highest BCUT2D eigenvalue weighted by atomic mass is 16.5. The molecule has 1 aromatic carbocycles. The number of para-hydroxylation sites is 1. The third kappa shape index (κ3) is 2.95. The molecule has 0 spiro atoms. The van der Waals surface area contributed by atoms with Crippen molar-refractivity contribution >= 4 is 22.5 Å². The van der Waals surface area contributed by atoms with Gasteiger partial charge in [-0.25, -0.2) is 9.97 Å². The molecular weight excluding hydrogens is 332 g/mol. The van der Waals surface area contributed by atoms with Crippen molar-refractivity contribution in [2.75, 3.05) is 0 Å². The van der Waals surface area contributed by atoms with E-state index in [1.807, 2.05) is 41.9 Å². The van der Waals surface area contributed by atoms with E-state index in [-0.39, 0.29) is 18.7 Å². The molecule has 0 bridgehead atoms. The number of hydrogen-bond donors (Lipinski definition) is 0. The van der Waals surface area contributed by atoms with Crippen molar-refractivity contribution in [2.24, 2.45) is 0 Å². The van der Waals surface area contributed by atoms with Gasteiger partial charge in [0.1, 0.15) is 18.8 Å². The minimum atomic E-state index is -0.516. The molecule has 0 radical (unpaired) electrons. The molecule has 130 valence electrons. The van der Waals surface area contributed by atoms with Crippen LogP contribution in [0.25, 0.3) is 16.6 Å². The molecule has 0 fully saturated rings. The highest BCUT2D eigenvalue weighted by Crippen LogP contribution is 2.11. The van der Waals surface area contributed by atoms with Gasteiger partial charge in [0.2, 0.25) is 0 Å². The maximum Gasteiger partial charge on any atom is 0.326 e. The summed E-state index contributed by atoms with van der Waals surface area (Å²) in [6.45, 7) is 1.83. The van der Waals surface area contributed by atoms with Crippen LogP contribution >= 0.6 is 0 Å². The van der Waals surface area contributed by atoms with Crippen molar-refractivity contribution in [3.63, 3.8) is 0 Å². The standard InChI is InChI=1S/C19H16N4O3/c1-13-5-4-8-22-9-14(21-18(13)22)11-26-17(24)10-23-12-20-16-7-3-2-6-15(16)19(23)25/h2-9,12H,10-11H2,1H3. The van der Waals surface area contributed by atoms with Gasteiger partial charge in [0.05, 0.1) is 22.9 Å². The molecule has 4 aromatic rings. The van der Waals surface area contributed by atoms with E-state index in [9.17, 15) is 9.59 Å². The number of carbonyl (C=O) groups is 1. The lowest BCUT2D eigenvalue weighted by atomic mass is 10.2. The third-order valence-corrected chi connectivity index (χ3v) is 4.14. The minimum Gasteiger partial charge on any atom is -0.458 e. The van der Waals surface area contributed by atoms with Crippen molar-refractivity contribution in [1.82, 2.24) is 18.9 Å². The number of ether oxygens (including phenoxy) is 1. The fourth-order valence-electron chi connectivity index (χ4n) is 2.83. The number of benzene rings is 1. The number of carbonyl (C=O) groups excluding carboxylic acids is 1. The molecule has 0 amide bonds. The van der Waals surface area contributed by atoms with E-state index < -0.39 is 5.97 Å². The number of hydrogen-bond acceptors (Lipinski definition) is 5. The Kier molecular flexibility index (Phi) is 3.96. The first-order chi connectivity index (χ1) is 12.6. The lowest BCUT2D eigenvalue weighted by Crippen LogP contribution is -2.25. The average Bonchev–Trinajstić information content (AvgIpc) is 3.07. The van der Waals surface area contributed by atoms with Gasteiger partial charge in [0.25, 0.3) is 5.56 Å². The Balaban J connectivity index is 1.48. The van der Waals surface area contributed by atoms with E-state index in [1.165, 1.54) is 10.9 Å². The van der Waals surface area contributed by atoms with E-state index in [0.29, 0.717) is 16.6 Å². The summed E-state index contributed by atoms with van der Waals surface area (Å²) in [5.74, 6) is -0.516. The lowest BCUT2D eigenvalue weighted by Gasteiger charge is -2.06. The number of imidazole rings is 1. The number of rotatable bonds is 4. The summed E-state index contributed by atoms with van der Waals surface area (Å²) in [5, 5.41) is 0.471.